The molecule has 0 aromatic heterocycles. The average molecular weight is 532 g/mol. The van der Waals surface area contributed by atoms with Crippen molar-refractivity contribution in [3.05, 3.63) is 35.4 Å². The smallest absolute Gasteiger partial charge is 0.338 e. The fourth-order valence-corrected chi connectivity index (χ4v) is 6.43. The van der Waals surface area contributed by atoms with Crippen molar-refractivity contribution in [1.29, 1.82) is 0 Å². The molecule has 1 aromatic carbocycles. The molecule has 214 valence electrons. The first kappa shape index (κ1) is 30.4. The van der Waals surface area contributed by atoms with Crippen LogP contribution in [-0.4, -0.2) is 75.6 Å². The Hall–Kier alpha value is -2.16. The predicted molar refractivity (Wildman–Crippen MR) is 149 cm³/mol. The molecule has 2 amide bonds. The number of aliphatic hydroxyl groups is 1. The summed E-state index contributed by atoms with van der Waals surface area (Å²) in [5, 5.41) is 18.8. The first-order chi connectivity index (χ1) is 18.4. The molecule has 8 nitrogen and oxygen atoms in total. The van der Waals surface area contributed by atoms with Crippen molar-refractivity contribution in [2.24, 2.45) is 11.8 Å². The van der Waals surface area contributed by atoms with Gasteiger partial charge in [0, 0.05) is 45.3 Å². The summed E-state index contributed by atoms with van der Waals surface area (Å²) in [7, 11) is 4.96. The summed E-state index contributed by atoms with van der Waals surface area (Å²) in [6.07, 6.45) is 11.0. The van der Waals surface area contributed by atoms with Crippen LogP contribution in [0.5, 0.6) is 0 Å². The van der Waals surface area contributed by atoms with E-state index < -0.39 is 11.6 Å². The van der Waals surface area contributed by atoms with Gasteiger partial charge in [0.1, 0.15) is 0 Å². The molecule has 1 aliphatic carbocycles. The number of hydrogen-bond donors (Lipinski definition) is 3. The Balaban J connectivity index is 1.77. The summed E-state index contributed by atoms with van der Waals surface area (Å²) in [5.41, 5.74) is -0.293. The number of likely N-dealkylation sites (tertiary alicyclic amines) is 1. The zero-order chi connectivity index (χ0) is 27.4. The lowest BCUT2D eigenvalue weighted by atomic mass is 9.72. The Morgan fingerprint density at radius 2 is 1.87 bits per heavy atom. The van der Waals surface area contributed by atoms with Crippen LogP contribution in [0.3, 0.4) is 0 Å². The Labute approximate surface area is 228 Å². The number of carbonyl (C=O) groups is 2. The zero-order valence-corrected chi connectivity index (χ0v) is 23.7. The van der Waals surface area contributed by atoms with Crippen LogP contribution >= 0.6 is 0 Å². The number of nitrogens with one attached hydrogen (secondary N) is 2. The van der Waals surface area contributed by atoms with Crippen molar-refractivity contribution in [1.82, 2.24) is 15.5 Å². The number of urea groups is 1. The monoisotopic (exact) mass is 531 g/mol. The van der Waals surface area contributed by atoms with Crippen molar-refractivity contribution < 1.29 is 24.2 Å². The number of unbranched alkanes of at least 4 members (excludes halogenated alkanes) is 1. The number of ether oxygens (including phenoxy) is 2. The van der Waals surface area contributed by atoms with E-state index >= 15 is 0 Å². The summed E-state index contributed by atoms with van der Waals surface area (Å²) in [6.45, 7) is 2.46. The predicted octanol–water partition coefficient (Wildman–Crippen LogP) is 4.46. The second-order valence-corrected chi connectivity index (χ2v) is 11.1. The summed E-state index contributed by atoms with van der Waals surface area (Å²) in [5.74, 6) is 0.0129. The van der Waals surface area contributed by atoms with Gasteiger partial charge < -0.3 is 30.1 Å². The third kappa shape index (κ3) is 8.17. The molecule has 1 heterocycles. The average Bonchev–Trinajstić information content (AvgIpc) is 2.95. The highest BCUT2D eigenvalue weighted by molar-refractivity contribution is 5.91. The molecule has 0 bridgehead atoms. The summed E-state index contributed by atoms with van der Waals surface area (Å²) in [6, 6.07) is 7.20. The standard InChI is InChI=1S/C30H49N3O5/c1-31-21-25(20-23-12-5-4-6-13-23)32-29(35)33-18-11-14-24(22-33)30(36,17-9-10-19-37-2)27-16-8-7-15-26(27)28(34)38-3/h7-8,15-16,23-25,31,36H,4-6,9-14,17-22H2,1-3H3,(H,32,35)/t24-,25+,30+/m1/s1. The fourth-order valence-electron chi connectivity index (χ4n) is 6.43. The Kier molecular flexibility index (Phi) is 12.3. The highest BCUT2D eigenvalue weighted by Gasteiger charge is 2.43. The number of likely N-dealkylation sites (N-methyl/N-ethyl adjacent to an activating group) is 1. The van der Waals surface area contributed by atoms with Crippen molar-refractivity contribution in [3.63, 3.8) is 0 Å². The van der Waals surface area contributed by atoms with E-state index in [4.69, 9.17) is 9.47 Å². The molecule has 1 saturated carbocycles. The van der Waals surface area contributed by atoms with Crippen LogP contribution in [0.1, 0.15) is 86.6 Å². The van der Waals surface area contributed by atoms with Crippen LogP contribution in [0.15, 0.2) is 24.3 Å². The van der Waals surface area contributed by atoms with Gasteiger partial charge in [-0.05, 0) is 63.1 Å². The van der Waals surface area contributed by atoms with E-state index in [2.05, 4.69) is 10.6 Å². The van der Waals surface area contributed by atoms with Crippen LogP contribution in [0.4, 0.5) is 4.79 Å². The normalized spacial score (nSPS) is 20.9. The minimum Gasteiger partial charge on any atom is -0.465 e. The van der Waals surface area contributed by atoms with E-state index in [1.807, 2.05) is 24.1 Å². The number of esters is 1. The van der Waals surface area contributed by atoms with E-state index in [9.17, 15) is 14.7 Å². The van der Waals surface area contributed by atoms with Crippen LogP contribution in [-0.2, 0) is 15.1 Å². The van der Waals surface area contributed by atoms with Gasteiger partial charge in [0.05, 0.1) is 18.3 Å². The topological polar surface area (TPSA) is 100 Å². The molecule has 3 rings (SSSR count). The third-order valence-corrected chi connectivity index (χ3v) is 8.46. The van der Waals surface area contributed by atoms with E-state index in [-0.39, 0.29) is 18.0 Å². The van der Waals surface area contributed by atoms with Crippen molar-refractivity contribution >= 4 is 12.0 Å². The number of hydrogen-bond acceptors (Lipinski definition) is 6. The molecule has 2 aliphatic rings. The van der Waals surface area contributed by atoms with Crippen molar-refractivity contribution in [2.75, 3.05) is 47.5 Å². The molecule has 1 saturated heterocycles. The Morgan fingerprint density at radius 1 is 1.11 bits per heavy atom. The number of nitrogens with zero attached hydrogens (tertiary/aromatic N) is 1. The number of methoxy groups -OCH3 is 2. The number of benzene rings is 1. The summed E-state index contributed by atoms with van der Waals surface area (Å²) < 4.78 is 10.3. The van der Waals surface area contributed by atoms with Crippen LogP contribution in [0.2, 0.25) is 0 Å². The number of amides is 2. The lowest BCUT2D eigenvalue weighted by Crippen LogP contribution is -2.54. The number of piperidine rings is 1. The molecule has 1 aliphatic heterocycles. The van der Waals surface area contributed by atoms with Crippen molar-refractivity contribution in [3.8, 4) is 0 Å². The van der Waals surface area contributed by atoms with Crippen LogP contribution in [0, 0.1) is 11.8 Å². The van der Waals surface area contributed by atoms with Crippen molar-refractivity contribution in [2.45, 2.75) is 82.3 Å². The Morgan fingerprint density at radius 3 is 2.58 bits per heavy atom. The summed E-state index contributed by atoms with van der Waals surface area (Å²) >= 11 is 0. The summed E-state index contributed by atoms with van der Waals surface area (Å²) in [4.78, 5) is 28.0. The SMILES string of the molecule is CNC[C@H](CC1CCCCC1)NC(=O)N1CCC[C@@H]([C@@](O)(CCCCOC)c2ccccc2C(=O)OC)C1. The van der Waals surface area contributed by atoms with Gasteiger partial charge in [-0.1, -0.05) is 50.3 Å². The number of carbonyl (C=O) groups excluding carboxylic acids is 2. The lowest BCUT2D eigenvalue weighted by molar-refractivity contribution is -0.0571. The Bertz CT molecular complexity index is 875. The minimum atomic E-state index is -1.26. The first-order valence-electron chi connectivity index (χ1n) is 14.5. The van der Waals surface area contributed by atoms with E-state index in [0.29, 0.717) is 43.2 Å². The maximum atomic E-state index is 13.5. The molecule has 0 radical (unpaired) electrons. The maximum Gasteiger partial charge on any atom is 0.338 e. The molecular weight excluding hydrogens is 482 g/mol. The van der Waals surface area contributed by atoms with Crippen LogP contribution < -0.4 is 10.6 Å². The molecule has 38 heavy (non-hydrogen) atoms. The van der Waals surface area contributed by atoms with E-state index in [1.165, 1.54) is 39.2 Å². The molecule has 8 heteroatoms. The molecular formula is C30H49N3O5. The molecule has 3 atom stereocenters. The molecule has 0 unspecified atom stereocenters. The second-order valence-electron chi connectivity index (χ2n) is 11.1. The van der Waals surface area contributed by atoms with Gasteiger partial charge in [-0.3, -0.25) is 0 Å². The first-order valence-corrected chi connectivity index (χ1v) is 14.5. The van der Waals surface area contributed by atoms with Gasteiger partial charge in [0.25, 0.3) is 0 Å². The van der Waals surface area contributed by atoms with E-state index in [1.54, 1.807) is 19.2 Å². The van der Waals surface area contributed by atoms with Gasteiger partial charge in [-0.25, -0.2) is 9.59 Å². The quantitative estimate of drug-likeness (QED) is 0.257. The molecule has 2 fully saturated rings. The second kappa shape index (κ2) is 15.4. The lowest BCUT2D eigenvalue weighted by Gasteiger charge is -2.43. The fraction of sp³-hybridized carbons (Fsp3) is 0.733. The molecule has 3 N–H and O–H groups in total. The highest BCUT2D eigenvalue weighted by atomic mass is 16.5. The largest absolute Gasteiger partial charge is 0.465 e. The number of rotatable bonds is 13. The zero-order valence-electron chi connectivity index (χ0n) is 23.7. The van der Waals surface area contributed by atoms with Crippen LogP contribution in [0.25, 0.3) is 0 Å². The maximum absolute atomic E-state index is 13.5. The minimum absolute atomic E-state index is 0.0613. The van der Waals surface area contributed by atoms with Gasteiger partial charge >= 0.3 is 12.0 Å². The molecule has 0 spiro atoms. The van der Waals surface area contributed by atoms with Gasteiger partial charge in [-0.15, -0.1) is 0 Å². The van der Waals surface area contributed by atoms with E-state index in [0.717, 1.165) is 38.6 Å². The van der Waals surface area contributed by atoms with Gasteiger partial charge in [0.2, 0.25) is 0 Å². The van der Waals surface area contributed by atoms with Gasteiger partial charge in [0.15, 0.2) is 0 Å². The third-order valence-electron chi connectivity index (χ3n) is 8.46. The van der Waals surface area contributed by atoms with Gasteiger partial charge in [-0.2, -0.15) is 0 Å². The molecule has 1 aromatic rings. The highest BCUT2D eigenvalue weighted by Crippen LogP contribution is 2.41.